The van der Waals surface area contributed by atoms with Gasteiger partial charge < -0.3 is 22.3 Å². The summed E-state index contributed by atoms with van der Waals surface area (Å²) in [7, 11) is 0. The number of rotatable bonds is 19. The minimum atomic E-state index is -0.933. The Labute approximate surface area is 173 Å². The molecule has 1 unspecified atom stereocenters. The second-order valence-electron chi connectivity index (χ2n) is 7.69. The van der Waals surface area contributed by atoms with E-state index in [2.05, 4.69) is 6.92 Å². The van der Waals surface area contributed by atoms with Crippen molar-refractivity contribution in [2.24, 2.45) is 17.2 Å². The Bertz CT molecular complexity index is 352. The summed E-state index contributed by atoms with van der Waals surface area (Å²) in [5, 5.41) is 8.33. The van der Waals surface area contributed by atoms with Crippen LogP contribution in [0, 0.1) is 0 Å². The van der Waals surface area contributed by atoms with Gasteiger partial charge in [0.2, 0.25) is 5.91 Å². The maximum atomic E-state index is 10.5. The Morgan fingerprint density at radius 2 is 1.18 bits per heavy atom. The number of carboxylic acid groups (broad SMARTS) is 1. The molecule has 28 heavy (non-hydrogen) atoms. The summed E-state index contributed by atoms with van der Waals surface area (Å²) in [5.74, 6) is -1.09. The lowest BCUT2D eigenvalue weighted by molar-refractivity contribution is -0.138. The van der Waals surface area contributed by atoms with Crippen LogP contribution in [0.4, 0.5) is 0 Å². The van der Waals surface area contributed by atoms with E-state index in [0.29, 0.717) is 19.4 Å². The number of primary amides is 1. The molecule has 1 atom stereocenters. The average molecular weight is 402 g/mol. The normalized spacial score (nSPS) is 11.5. The van der Waals surface area contributed by atoms with E-state index >= 15 is 0 Å². The molecule has 1 amide bonds. The molecular formula is C22H47N3O3. The van der Waals surface area contributed by atoms with Crippen molar-refractivity contribution in [3.8, 4) is 0 Å². The van der Waals surface area contributed by atoms with Gasteiger partial charge in [0.15, 0.2) is 0 Å². The molecule has 0 aliphatic carbocycles. The van der Waals surface area contributed by atoms with Crippen LogP contribution in [0.15, 0.2) is 0 Å². The van der Waals surface area contributed by atoms with Crippen molar-refractivity contribution in [3.05, 3.63) is 0 Å². The third-order valence-electron chi connectivity index (χ3n) is 4.81. The van der Waals surface area contributed by atoms with Crippen LogP contribution in [0.25, 0.3) is 0 Å². The molecule has 0 saturated carbocycles. The molecule has 0 aromatic heterocycles. The lowest BCUT2D eigenvalue weighted by atomic mass is 10.0. The average Bonchev–Trinajstić information content (AvgIpc) is 2.66. The van der Waals surface area contributed by atoms with Crippen LogP contribution < -0.4 is 17.2 Å². The molecule has 0 radical (unpaired) electrons. The number of unbranched alkanes of at least 4 members (excludes halogenated alkanes) is 13. The second-order valence-corrected chi connectivity index (χ2v) is 7.69. The Morgan fingerprint density at radius 3 is 1.54 bits per heavy atom. The first-order valence-electron chi connectivity index (χ1n) is 11.4. The monoisotopic (exact) mass is 401 g/mol. The maximum Gasteiger partial charge on any atom is 0.320 e. The van der Waals surface area contributed by atoms with Crippen molar-refractivity contribution < 1.29 is 14.7 Å². The maximum absolute atomic E-state index is 10.5. The van der Waals surface area contributed by atoms with Crippen molar-refractivity contribution in [2.45, 2.75) is 122 Å². The zero-order valence-electron chi connectivity index (χ0n) is 18.3. The third kappa shape index (κ3) is 27.1. The number of aliphatic carboxylic acids is 1. The van der Waals surface area contributed by atoms with Crippen LogP contribution >= 0.6 is 0 Å². The van der Waals surface area contributed by atoms with Gasteiger partial charge in [-0.25, -0.2) is 0 Å². The van der Waals surface area contributed by atoms with Crippen LogP contribution in [0.2, 0.25) is 0 Å². The van der Waals surface area contributed by atoms with E-state index in [4.69, 9.17) is 22.3 Å². The lowest BCUT2D eigenvalue weighted by Gasteiger charge is -2.03. The number of hydrogen-bond acceptors (Lipinski definition) is 4. The highest BCUT2D eigenvalue weighted by Gasteiger charge is 2.09. The van der Waals surface area contributed by atoms with Crippen molar-refractivity contribution in [1.29, 1.82) is 0 Å². The molecule has 0 aliphatic heterocycles. The van der Waals surface area contributed by atoms with Crippen molar-refractivity contribution in [3.63, 3.8) is 0 Å². The van der Waals surface area contributed by atoms with Gasteiger partial charge in [-0.3, -0.25) is 9.59 Å². The Balaban J connectivity index is 0. The quantitative estimate of drug-likeness (QED) is 0.237. The van der Waals surface area contributed by atoms with Gasteiger partial charge in [0, 0.05) is 6.42 Å². The summed E-state index contributed by atoms with van der Waals surface area (Å²) in [6, 6.07) is -0.716. The summed E-state index contributed by atoms with van der Waals surface area (Å²) in [6.07, 6.45) is 20.1. The second kappa shape index (κ2) is 23.9. The van der Waals surface area contributed by atoms with Crippen molar-refractivity contribution >= 4 is 11.9 Å². The van der Waals surface area contributed by atoms with Gasteiger partial charge in [-0.15, -0.1) is 0 Å². The lowest BCUT2D eigenvalue weighted by Crippen LogP contribution is -2.29. The van der Waals surface area contributed by atoms with E-state index in [0.717, 1.165) is 19.3 Å². The molecule has 6 heteroatoms. The fourth-order valence-corrected chi connectivity index (χ4v) is 2.95. The van der Waals surface area contributed by atoms with E-state index in [-0.39, 0.29) is 5.91 Å². The molecule has 0 saturated heterocycles. The summed E-state index contributed by atoms with van der Waals surface area (Å²) in [4.78, 5) is 20.7. The summed E-state index contributed by atoms with van der Waals surface area (Å²) in [5.41, 5.74) is 15.5. The standard InChI is InChI=1S/C16H33NO.C6H14N2O2/c1-2-3-4-5-6-7-8-9-10-11-12-13-14-15-16(17)18;7-4-2-1-3-5(8)6(9)10/h2-15H2,1H3,(H2,17,18);5H,1-4,7-8H2,(H,9,10). The number of carbonyl (C=O) groups excluding carboxylic acids is 1. The van der Waals surface area contributed by atoms with Gasteiger partial charge in [0.25, 0.3) is 0 Å². The molecule has 0 rings (SSSR count). The van der Waals surface area contributed by atoms with Crippen molar-refractivity contribution in [1.82, 2.24) is 0 Å². The smallest absolute Gasteiger partial charge is 0.320 e. The van der Waals surface area contributed by atoms with Crippen LogP contribution in [-0.4, -0.2) is 29.6 Å². The van der Waals surface area contributed by atoms with E-state index < -0.39 is 12.0 Å². The predicted molar refractivity (Wildman–Crippen MR) is 118 cm³/mol. The number of carbonyl (C=O) groups is 2. The predicted octanol–water partition coefficient (Wildman–Crippen LogP) is 4.48. The first-order chi connectivity index (χ1) is 13.5. The molecule has 7 N–H and O–H groups in total. The number of hydrogen-bond donors (Lipinski definition) is 4. The van der Waals surface area contributed by atoms with Crippen LogP contribution in [0.1, 0.15) is 116 Å². The van der Waals surface area contributed by atoms with Gasteiger partial charge in [-0.05, 0) is 25.8 Å². The first kappa shape index (κ1) is 29.1. The summed E-state index contributed by atoms with van der Waals surface area (Å²) in [6.45, 7) is 2.87. The number of nitrogens with two attached hydrogens (primary N) is 3. The van der Waals surface area contributed by atoms with Crippen LogP contribution in [0.3, 0.4) is 0 Å². The number of carboxylic acids is 1. The van der Waals surface area contributed by atoms with Gasteiger partial charge in [-0.2, -0.15) is 0 Å². The molecule has 0 fully saturated rings. The van der Waals surface area contributed by atoms with E-state index in [1.807, 2.05) is 0 Å². The summed E-state index contributed by atoms with van der Waals surface area (Å²) < 4.78 is 0. The highest BCUT2D eigenvalue weighted by Crippen LogP contribution is 2.12. The molecule has 6 nitrogen and oxygen atoms in total. The molecule has 0 aromatic carbocycles. The Kier molecular flexibility index (Phi) is 24.8. The fourth-order valence-electron chi connectivity index (χ4n) is 2.95. The highest BCUT2D eigenvalue weighted by atomic mass is 16.4. The van der Waals surface area contributed by atoms with Crippen molar-refractivity contribution in [2.75, 3.05) is 6.54 Å². The third-order valence-corrected chi connectivity index (χ3v) is 4.81. The van der Waals surface area contributed by atoms with Gasteiger partial charge >= 0.3 is 5.97 Å². The van der Waals surface area contributed by atoms with Crippen LogP contribution in [-0.2, 0) is 9.59 Å². The minimum absolute atomic E-state index is 0.155. The molecule has 0 aliphatic rings. The number of amides is 1. The summed E-state index contributed by atoms with van der Waals surface area (Å²) >= 11 is 0. The molecule has 0 aromatic rings. The topological polar surface area (TPSA) is 132 Å². The molecule has 0 spiro atoms. The Hall–Kier alpha value is -1.14. The fraction of sp³-hybridized carbons (Fsp3) is 0.909. The van der Waals surface area contributed by atoms with E-state index in [1.165, 1.54) is 77.0 Å². The van der Waals surface area contributed by atoms with E-state index in [9.17, 15) is 9.59 Å². The van der Waals surface area contributed by atoms with Gasteiger partial charge in [-0.1, -0.05) is 90.4 Å². The zero-order chi connectivity index (χ0) is 21.5. The Morgan fingerprint density at radius 1 is 0.750 bits per heavy atom. The zero-order valence-corrected chi connectivity index (χ0v) is 18.3. The van der Waals surface area contributed by atoms with Gasteiger partial charge in [0.1, 0.15) is 6.04 Å². The molecule has 168 valence electrons. The van der Waals surface area contributed by atoms with E-state index in [1.54, 1.807) is 0 Å². The van der Waals surface area contributed by atoms with Crippen LogP contribution in [0.5, 0.6) is 0 Å². The highest BCUT2D eigenvalue weighted by molar-refractivity contribution is 5.73. The first-order valence-corrected chi connectivity index (χ1v) is 11.4. The SMILES string of the molecule is CCCCCCCCCCCCCCCC(N)=O.NCCCCC(N)C(=O)O. The molecule has 0 bridgehead atoms. The largest absolute Gasteiger partial charge is 0.480 e. The molecular weight excluding hydrogens is 354 g/mol. The minimum Gasteiger partial charge on any atom is -0.480 e. The van der Waals surface area contributed by atoms with Gasteiger partial charge in [0.05, 0.1) is 0 Å². The molecule has 0 heterocycles.